The van der Waals surface area contributed by atoms with Crippen molar-refractivity contribution in [3.8, 4) is 5.75 Å². The summed E-state index contributed by atoms with van der Waals surface area (Å²) in [6, 6.07) is 7.45. The van der Waals surface area contributed by atoms with Crippen molar-refractivity contribution < 1.29 is 14.9 Å². The highest BCUT2D eigenvalue weighted by molar-refractivity contribution is 9.10. The Labute approximate surface area is 116 Å². The van der Waals surface area contributed by atoms with E-state index in [1.807, 2.05) is 31.2 Å². The number of rotatable bonds is 8. The summed E-state index contributed by atoms with van der Waals surface area (Å²) in [5, 5.41) is 22.0. The second-order valence-corrected chi connectivity index (χ2v) is 5.05. The van der Waals surface area contributed by atoms with Gasteiger partial charge in [0.05, 0.1) is 6.10 Å². The van der Waals surface area contributed by atoms with Gasteiger partial charge in [0, 0.05) is 17.6 Å². The molecule has 0 saturated heterocycles. The first kappa shape index (κ1) is 15.4. The van der Waals surface area contributed by atoms with Crippen LogP contribution in [-0.2, 0) is 0 Å². The van der Waals surface area contributed by atoms with Gasteiger partial charge in [0.2, 0.25) is 0 Å². The van der Waals surface area contributed by atoms with Crippen LogP contribution >= 0.6 is 15.9 Å². The molecule has 0 aliphatic heterocycles. The smallest absolute Gasteiger partial charge is 0.119 e. The molecule has 0 saturated carbocycles. The fraction of sp³-hybridized carbons (Fsp3) is 0.538. The van der Waals surface area contributed by atoms with Crippen LogP contribution < -0.4 is 10.1 Å². The van der Waals surface area contributed by atoms with Gasteiger partial charge >= 0.3 is 0 Å². The van der Waals surface area contributed by atoms with Gasteiger partial charge < -0.3 is 20.3 Å². The Kier molecular flexibility index (Phi) is 7.27. The van der Waals surface area contributed by atoms with Crippen molar-refractivity contribution in [2.75, 3.05) is 19.7 Å². The van der Waals surface area contributed by atoms with Gasteiger partial charge in [0.15, 0.2) is 0 Å². The van der Waals surface area contributed by atoms with Gasteiger partial charge in [-0.05, 0) is 30.7 Å². The number of nitrogens with one attached hydrogen (secondary N) is 1. The van der Waals surface area contributed by atoms with E-state index in [1.54, 1.807) is 0 Å². The third-order valence-electron chi connectivity index (χ3n) is 2.49. The summed E-state index contributed by atoms with van der Waals surface area (Å²) in [5.41, 5.74) is 0. The van der Waals surface area contributed by atoms with Crippen molar-refractivity contribution in [1.82, 2.24) is 5.32 Å². The van der Waals surface area contributed by atoms with Crippen molar-refractivity contribution in [2.24, 2.45) is 0 Å². The first-order valence-corrected chi connectivity index (χ1v) is 6.86. The maximum absolute atomic E-state index is 9.67. The molecular weight excluding hydrogens is 298 g/mol. The molecule has 0 spiro atoms. The zero-order chi connectivity index (χ0) is 13.4. The lowest BCUT2D eigenvalue weighted by Crippen LogP contribution is -2.35. The maximum Gasteiger partial charge on any atom is 0.119 e. The van der Waals surface area contributed by atoms with Crippen molar-refractivity contribution in [2.45, 2.75) is 25.6 Å². The molecule has 3 N–H and O–H groups in total. The molecule has 4 nitrogen and oxygen atoms in total. The molecule has 0 amide bonds. The van der Waals surface area contributed by atoms with Crippen LogP contribution in [-0.4, -0.2) is 42.1 Å². The summed E-state index contributed by atoms with van der Waals surface area (Å²) in [6.07, 6.45) is -0.235. The average Bonchev–Trinajstić information content (AvgIpc) is 2.38. The molecular formula is C13H20BrNO3. The van der Waals surface area contributed by atoms with Crippen LogP contribution in [0.15, 0.2) is 28.7 Å². The Bertz CT molecular complexity index is 332. The summed E-state index contributed by atoms with van der Waals surface area (Å²) in [7, 11) is 0. The summed E-state index contributed by atoms with van der Waals surface area (Å²) in [4.78, 5) is 0. The lowest BCUT2D eigenvalue weighted by Gasteiger charge is -2.14. The molecule has 1 aromatic rings. The fourth-order valence-corrected chi connectivity index (χ4v) is 1.61. The fourth-order valence-electron chi connectivity index (χ4n) is 1.34. The minimum atomic E-state index is -0.585. The van der Waals surface area contributed by atoms with Crippen LogP contribution in [0.3, 0.4) is 0 Å². The zero-order valence-electron chi connectivity index (χ0n) is 10.5. The van der Waals surface area contributed by atoms with Gasteiger partial charge in [-0.2, -0.15) is 0 Å². The minimum Gasteiger partial charge on any atom is -0.491 e. The number of halogens is 1. The first-order chi connectivity index (χ1) is 8.61. The van der Waals surface area contributed by atoms with E-state index in [9.17, 15) is 10.2 Å². The molecule has 0 aromatic heterocycles. The molecule has 0 aliphatic carbocycles. The van der Waals surface area contributed by atoms with Crippen molar-refractivity contribution in [1.29, 1.82) is 0 Å². The topological polar surface area (TPSA) is 61.7 Å². The quantitative estimate of drug-likeness (QED) is 0.681. The second kappa shape index (κ2) is 8.48. The van der Waals surface area contributed by atoms with Crippen LogP contribution in [0.2, 0.25) is 0 Å². The SMILES string of the molecule is CCC(O)CNCC(O)COc1ccc(Br)cc1. The molecule has 102 valence electrons. The number of benzene rings is 1. The molecule has 1 aromatic carbocycles. The van der Waals surface area contributed by atoms with E-state index in [0.717, 1.165) is 10.2 Å². The van der Waals surface area contributed by atoms with Gasteiger partial charge in [0.1, 0.15) is 18.5 Å². The summed E-state index contributed by atoms with van der Waals surface area (Å²) in [6.45, 7) is 3.05. The third-order valence-corrected chi connectivity index (χ3v) is 3.02. The Balaban J connectivity index is 2.16. The third kappa shape index (κ3) is 6.35. The molecule has 0 bridgehead atoms. The Morgan fingerprint density at radius 3 is 2.39 bits per heavy atom. The van der Waals surface area contributed by atoms with Gasteiger partial charge in [-0.1, -0.05) is 22.9 Å². The van der Waals surface area contributed by atoms with Crippen molar-refractivity contribution in [3.05, 3.63) is 28.7 Å². The largest absolute Gasteiger partial charge is 0.491 e. The number of aliphatic hydroxyl groups is 2. The van der Waals surface area contributed by atoms with Crippen LogP contribution in [0.4, 0.5) is 0 Å². The molecule has 0 fully saturated rings. The first-order valence-electron chi connectivity index (χ1n) is 6.07. The molecule has 1 rings (SSSR count). The molecule has 0 heterocycles. The van der Waals surface area contributed by atoms with Crippen molar-refractivity contribution in [3.63, 3.8) is 0 Å². The van der Waals surface area contributed by atoms with Crippen LogP contribution in [0.1, 0.15) is 13.3 Å². The predicted molar refractivity (Wildman–Crippen MR) is 74.8 cm³/mol. The zero-order valence-corrected chi connectivity index (χ0v) is 12.1. The summed E-state index contributed by atoms with van der Waals surface area (Å²) >= 11 is 3.34. The van der Waals surface area contributed by atoms with E-state index in [1.165, 1.54) is 0 Å². The number of ether oxygens (including phenoxy) is 1. The van der Waals surface area contributed by atoms with E-state index in [-0.39, 0.29) is 12.7 Å². The molecule has 0 radical (unpaired) electrons. The average molecular weight is 318 g/mol. The molecule has 5 heteroatoms. The Hall–Kier alpha value is -0.620. The standard InChI is InChI=1S/C13H20BrNO3/c1-2-11(16)7-15-8-12(17)9-18-13-5-3-10(14)4-6-13/h3-6,11-12,15-17H,2,7-9H2,1H3. The minimum absolute atomic E-state index is 0.233. The highest BCUT2D eigenvalue weighted by Crippen LogP contribution is 2.16. The van der Waals surface area contributed by atoms with E-state index < -0.39 is 6.10 Å². The molecule has 2 unspecified atom stereocenters. The Morgan fingerprint density at radius 2 is 1.78 bits per heavy atom. The number of hydrogen-bond acceptors (Lipinski definition) is 4. The highest BCUT2D eigenvalue weighted by Gasteiger charge is 2.06. The summed E-state index contributed by atoms with van der Waals surface area (Å²) in [5.74, 6) is 0.728. The lowest BCUT2D eigenvalue weighted by atomic mass is 10.2. The molecule has 2 atom stereocenters. The van der Waals surface area contributed by atoms with E-state index in [2.05, 4.69) is 21.2 Å². The van der Waals surface area contributed by atoms with Crippen LogP contribution in [0.25, 0.3) is 0 Å². The van der Waals surface area contributed by atoms with Crippen LogP contribution in [0.5, 0.6) is 5.75 Å². The normalized spacial score (nSPS) is 14.2. The van der Waals surface area contributed by atoms with Crippen LogP contribution in [0, 0.1) is 0 Å². The van der Waals surface area contributed by atoms with E-state index >= 15 is 0 Å². The number of aliphatic hydroxyl groups excluding tert-OH is 2. The molecule has 0 aliphatic rings. The lowest BCUT2D eigenvalue weighted by molar-refractivity contribution is 0.0991. The Morgan fingerprint density at radius 1 is 1.17 bits per heavy atom. The van der Waals surface area contributed by atoms with Gasteiger partial charge in [-0.25, -0.2) is 0 Å². The monoisotopic (exact) mass is 317 g/mol. The van der Waals surface area contributed by atoms with Gasteiger partial charge in [0.25, 0.3) is 0 Å². The van der Waals surface area contributed by atoms with Gasteiger partial charge in [-0.15, -0.1) is 0 Å². The number of hydrogen-bond donors (Lipinski definition) is 3. The van der Waals surface area contributed by atoms with E-state index in [0.29, 0.717) is 19.5 Å². The maximum atomic E-state index is 9.67. The van der Waals surface area contributed by atoms with Gasteiger partial charge in [-0.3, -0.25) is 0 Å². The van der Waals surface area contributed by atoms with E-state index in [4.69, 9.17) is 4.74 Å². The van der Waals surface area contributed by atoms with Crippen molar-refractivity contribution >= 4 is 15.9 Å². The summed E-state index contributed by atoms with van der Waals surface area (Å²) < 4.78 is 6.42. The predicted octanol–water partition coefficient (Wildman–Crippen LogP) is 1.55. The molecule has 18 heavy (non-hydrogen) atoms. The highest BCUT2D eigenvalue weighted by atomic mass is 79.9. The second-order valence-electron chi connectivity index (χ2n) is 4.14.